The zero-order valence-corrected chi connectivity index (χ0v) is 16.9. The highest BCUT2D eigenvalue weighted by Crippen LogP contribution is 2.24. The molecule has 0 radical (unpaired) electrons. The van der Waals surface area contributed by atoms with Crippen molar-refractivity contribution in [3.8, 4) is 5.69 Å². The summed E-state index contributed by atoms with van der Waals surface area (Å²) in [6.07, 6.45) is 0.474. The first kappa shape index (κ1) is 19.8. The van der Waals surface area contributed by atoms with Crippen LogP contribution in [0.3, 0.4) is 0 Å². The van der Waals surface area contributed by atoms with Crippen molar-refractivity contribution in [3.63, 3.8) is 0 Å². The molecule has 0 spiro atoms. The lowest BCUT2D eigenvalue weighted by Crippen LogP contribution is -2.13. The van der Waals surface area contributed by atoms with Gasteiger partial charge >= 0.3 is 0 Å². The topological polar surface area (TPSA) is 85.6 Å². The SMILES string of the molecule is Cc1nc(Cc2ccc(F)cc2)sc1C(=O)Nc1cc(-n2nnnc2C)ccc1F. The number of carbonyl (C=O) groups is 1. The van der Waals surface area contributed by atoms with Crippen molar-refractivity contribution in [1.29, 1.82) is 0 Å². The number of nitrogens with zero attached hydrogens (tertiary/aromatic N) is 5. The van der Waals surface area contributed by atoms with Crippen LogP contribution in [0, 0.1) is 25.5 Å². The van der Waals surface area contributed by atoms with E-state index >= 15 is 0 Å². The average Bonchev–Trinajstić information content (AvgIpc) is 3.30. The van der Waals surface area contributed by atoms with Gasteiger partial charge in [0.25, 0.3) is 5.91 Å². The van der Waals surface area contributed by atoms with Crippen molar-refractivity contribution in [2.45, 2.75) is 20.3 Å². The summed E-state index contributed by atoms with van der Waals surface area (Å²) >= 11 is 1.22. The molecule has 2 heterocycles. The summed E-state index contributed by atoms with van der Waals surface area (Å²) < 4.78 is 28.8. The number of tetrazole rings is 1. The van der Waals surface area contributed by atoms with Gasteiger partial charge in [-0.15, -0.1) is 16.4 Å². The Kier molecular flexibility index (Phi) is 5.32. The molecule has 0 aliphatic rings. The van der Waals surface area contributed by atoms with Gasteiger partial charge in [-0.05, 0) is 60.2 Å². The fraction of sp³-hybridized carbons (Fsp3) is 0.150. The lowest BCUT2D eigenvalue weighted by molar-refractivity contribution is 0.102. The zero-order chi connectivity index (χ0) is 21.3. The maximum Gasteiger partial charge on any atom is 0.267 e. The number of hydrogen-bond acceptors (Lipinski definition) is 6. The van der Waals surface area contributed by atoms with Crippen LogP contribution in [-0.4, -0.2) is 31.1 Å². The molecule has 0 bridgehead atoms. The molecular weight excluding hydrogens is 410 g/mol. The van der Waals surface area contributed by atoms with Crippen LogP contribution in [0.25, 0.3) is 5.69 Å². The molecule has 0 aliphatic heterocycles. The summed E-state index contributed by atoms with van der Waals surface area (Å²) in [4.78, 5) is 17.6. The van der Waals surface area contributed by atoms with Crippen LogP contribution in [0.2, 0.25) is 0 Å². The number of anilines is 1. The van der Waals surface area contributed by atoms with E-state index in [1.54, 1.807) is 26.0 Å². The molecule has 4 aromatic rings. The maximum atomic E-state index is 14.3. The number of carbonyl (C=O) groups excluding carboxylic acids is 1. The van der Waals surface area contributed by atoms with Gasteiger partial charge in [0.1, 0.15) is 16.5 Å². The Balaban J connectivity index is 1.55. The van der Waals surface area contributed by atoms with Crippen LogP contribution >= 0.6 is 11.3 Å². The highest BCUT2D eigenvalue weighted by molar-refractivity contribution is 7.14. The Morgan fingerprint density at radius 1 is 1.13 bits per heavy atom. The second-order valence-electron chi connectivity index (χ2n) is 6.58. The molecule has 7 nitrogen and oxygen atoms in total. The molecule has 0 aliphatic carbocycles. The quantitative estimate of drug-likeness (QED) is 0.524. The van der Waals surface area contributed by atoms with Crippen LogP contribution < -0.4 is 5.32 Å². The third kappa shape index (κ3) is 4.08. The molecule has 0 saturated carbocycles. The second-order valence-corrected chi connectivity index (χ2v) is 7.67. The van der Waals surface area contributed by atoms with Gasteiger partial charge in [0.05, 0.1) is 22.1 Å². The molecule has 0 unspecified atom stereocenters. The Morgan fingerprint density at radius 3 is 2.60 bits per heavy atom. The van der Waals surface area contributed by atoms with Gasteiger partial charge in [-0.1, -0.05) is 12.1 Å². The smallest absolute Gasteiger partial charge is 0.267 e. The van der Waals surface area contributed by atoms with Crippen LogP contribution in [0.4, 0.5) is 14.5 Å². The van der Waals surface area contributed by atoms with Gasteiger partial charge in [0.15, 0.2) is 5.82 Å². The molecule has 1 amide bonds. The first-order valence-corrected chi connectivity index (χ1v) is 9.79. The third-order valence-corrected chi connectivity index (χ3v) is 5.54. The summed E-state index contributed by atoms with van der Waals surface area (Å²) in [5.74, 6) is -0.816. The molecule has 0 fully saturated rings. The molecule has 30 heavy (non-hydrogen) atoms. The Bertz CT molecular complexity index is 1220. The van der Waals surface area contributed by atoms with Gasteiger partial charge in [-0.25, -0.2) is 13.8 Å². The highest BCUT2D eigenvalue weighted by Gasteiger charge is 2.18. The van der Waals surface area contributed by atoms with E-state index in [0.29, 0.717) is 33.5 Å². The number of rotatable bonds is 5. The third-order valence-electron chi connectivity index (χ3n) is 4.38. The van der Waals surface area contributed by atoms with Crippen LogP contribution in [-0.2, 0) is 6.42 Å². The normalized spacial score (nSPS) is 10.9. The summed E-state index contributed by atoms with van der Waals surface area (Å²) in [7, 11) is 0. The van der Waals surface area contributed by atoms with Crippen molar-refractivity contribution in [2.24, 2.45) is 0 Å². The average molecular weight is 426 g/mol. The second kappa shape index (κ2) is 8.07. The van der Waals surface area contributed by atoms with E-state index in [2.05, 4.69) is 25.8 Å². The summed E-state index contributed by atoms with van der Waals surface area (Å²) in [5.41, 5.74) is 1.96. The van der Waals surface area contributed by atoms with E-state index in [1.165, 1.54) is 46.4 Å². The van der Waals surface area contributed by atoms with E-state index in [4.69, 9.17) is 0 Å². The number of hydrogen-bond donors (Lipinski definition) is 1. The van der Waals surface area contributed by atoms with Crippen molar-refractivity contribution in [2.75, 3.05) is 5.32 Å². The molecule has 2 aromatic carbocycles. The zero-order valence-electron chi connectivity index (χ0n) is 16.1. The maximum absolute atomic E-state index is 14.3. The predicted octanol–water partition coefficient (Wildman–Crippen LogP) is 3.86. The predicted molar refractivity (Wildman–Crippen MR) is 108 cm³/mol. The van der Waals surface area contributed by atoms with Gasteiger partial charge in [-0.3, -0.25) is 4.79 Å². The van der Waals surface area contributed by atoms with E-state index in [1.807, 2.05) is 0 Å². The molecule has 0 saturated heterocycles. The standard InChI is InChI=1S/C20H16F2N6OS/c1-11-19(30-18(23-11)9-13-3-5-14(21)6-4-13)20(29)24-17-10-15(7-8-16(17)22)28-12(2)25-26-27-28/h3-8,10H,9H2,1-2H3,(H,24,29). The minimum absolute atomic E-state index is 0.0142. The largest absolute Gasteiger partial charge is 0.319 e. The number of nitrogens with one attached hydrogen (secondary N) is 1. The number of thiazole rings is 1. The Morgan fingerprint density at radius 2 is 1.90 bits per heavy atom. The Hall–Kier alpha value is -3.53. The molecule has 1 N–H and O–H groups in total. The number of aryl methyl sites for hydroxylation is 2. The molecule has 4 rings (SSSR count). The first-order chi connectivity index (χ1) is 14.4. The summed E-state index contributed by atoms with van der Waals surface area (Å²) in [6.45, 7) is 3.43. The van der Waals surface area contributed by atoms with E-state index in [9.17, 15) is 13.6 Å². The summed E-state index contributed by atoms with van der Waals surface area (Å²) in [6, 6.07) is 10.3. The lowest BCUT2D eigenvalue weighted by atomic mass is 10.1. The molecular formula is C20H16F2N6OS. The lowest BCUT2D eigenvalue weighted by Gasteiger charge is -2.08. The van der Waals surface area contributed by atoms with Gasteiger partial charge in [0, 0.05) is 6.42 Å². The minimum atomic E-state index is -0.577. The van der Waals surface area contributed by atoms with Crippen LogP contribution in [0.5, 0.6) is 0 Å². The van der Waals surface area contributed by atoms with E-state index in [-0.39, 0.29) is 11.5 Å². The molecule has 152 valence electrons. The van der Waals surface area contributed by atoms with E-state index < -0.39 is 11.7 Å². The molecule has 2 aromatic heterocycles. The fourth-order valence-electron chi connectivity index (χ4n) is 2.91. The Labute approximate surface area is 174 Å². The minimum Gasteiger partial charge on any atom is -0.319 e. The molecule has 10 heteroatoms. The molecule has 0 atom stereocenters. The van der Waals surface area contributed by atoms with Crippen molar-refractivity contribution < 1.29 is 13.6 Å². The van der Waals surface area contributed by atoms with Gasteiger partial charge < -0.3 is 5.32 Å². The van der Waals surface area contributed by atoms with Crippen molar-refractivity contribution in [3.05, 3.63) is 81.1 Å². The van der Waals surface area contributed by atoms with Crippen molar-refractivity contribution >= 4 is 22.9 Å². The van der Waals surface area contributed by atoms with E-state index in [0.717, 1.165) is 5.56 Å². The number of benzene rings is 2. The highest BCUT2D eigenvalue weighted by atomic mass is 32.1. The number of amides is 1. The van der Waals surface area contributed by atoms with Gasteiger partial charge in [-0.2, -0.15) is 4.68 Å². The van der Waals surface area contributed by atoms with Gasteiger partial charge in [0.2, 0.25) is 0 Å². The van der Waals surface area contributed by atoms with Crippen LogP contribution in [0.15, 0.2) is 42.5 Å². The number of halogens is 2. The van der Waals surface area contributed by atoms with Crippen LogP contribution in [0.1, 0.15) is 31.8 Å². The number of aromatic nitrogens is 5. The monoisotopic (exact) mass is 426 g/mol. The summed E-state index contributed by atoms with van der Waals surface area (Å²) in [5, 5.41) is 14.5. The van der Waals surface area contributed by atoms with Crippen molar-refractivity contribution in [1.82, 2.24) is 25.2 Å². The fourth-order valence-corrected chi connectivity index (χ4v) is 3.90. The first-order valence-electron chi connectivity index (χ1n) is 8.97.